The van der Waals surface area contributed by atoms with E-state index >= 15 is 0 Å². The first kappa shape index (κ1) is 7.71. The smallest absolute Gasteiger partial charge is 0.134 e. The zero-order valence-electron chi connectivity index (χ0n) is 6.04. The summed E-state index contributed by atoms with van der Waals surface area (Å²) in [5.41, 5.74) is 6.33. The van der Waals surface area contributed by atoms with Crippen molar-refractivity contribution in [2.75, 3.05) is 5.73 Å². The fraction of sp³-hybridized carbons (Fsp3) is 0. The molecule has 3 N–H and O–H groups in total. The average Bonchev–Trinajstić information content (AvgIpc) is 2.35. The molecule has 62 valence electrons. The van der Waals surface area contributed by atoms with E-state index in [4.69, 9.17) is 17.3 Å². The van der Waals surface area contributed by atoms with Gasteiger partial charge in [-0.2, -0.15) is 0 Å². The van der Waals surface area contributed by atoms with Crippen LogP contribution in [0.2, 0.25) is 5.02 Å². The lowest BCUT2D eigenvalue weighted by molar-refractivity contribution is 0.476. The van der Waals surface area contributed by atoms with Gasteiger partial charge in [-0.05, 0) is 12.1 Å². The van der Waals surface area contributed by atoms with Gasteiger partial charge in [-0.1, -0.05) is 11.6 Å². The molecular weight excluding hydrogens is 194 g/mol. The van der Waals surface area contributed by atoms with Crippen LogP contribution in [0.3, 0.4) is 0 Å². The summed E-state index contributed by atoms with van der Waals surface area (Å²) >= 11 is 7.23. The van der Waals surface area contributed by atoms with E-state index in [2.05, 4.69) is 0 Å². The monoisotopic (exact) mass is 199 g/mol. The van der Waals surface area contributed by atoms with E-state index in [1.165, 1.54) is 11.3 Å². The number of nitrogen functional groups attached to an aromatic ring is 1. The maximum absolute atomic E-state index is 9.28. The van der Waals surface area contributed by atoms with Crippen molar-refractivity contribution >= 4 is 38.7 Å². The van der Waals surface area contributed by atoms with Gasteiger partial charge in [0, 0.05) is 15.5 Å². The predicted molar refractivity (Wildman–Crippen MR) is 52.9 cm³/mol. The van der Waals surface area contributed by atoms with Crippen molar-refractivity contribution in [1.29, 1.82) is 0 Å². The molecule has 2 rings (SSSR count). The molecule has 4 heteroatoms. The highest BCUT2D eigenvalue weighted by Crippen LogP contribution is 2.35. The molecule has 12 heavy (non-hydrogen) atoms. The SMILES string of the molecule is Nc1csc2cc(Cl)c(O)cc12. The lowest BCUT2D eigenvalue weighted by Crippen LogP contribution is -1.79. The number of nitrogens with two attached hydrogens (primary N) is 1. The first-order chi connectivity index (χ1) is 5.68. The Labute approximate surface area is 78.2 Å². The summed E-state index contributed by atoms with van der Waals surface area (Å²) in [6.07, 6.45) is 0. The van der Waals surface area contributed by atoms with E-state index in [0.717, 1.165) is 10.1 Å². The zero-order valence-corrected chi connectivity index (χ0v) is 7.62. The largest absolute Gasteiger partial charge is 0.506 e. The predicted octanol–water partition coefficient (Wildman–Crippen LogP) is 2.84. The summed E-state index contributed by atoms with van der Waals surface area (Å²) in [5, 5.41) is 12.3. The highest BCUT2D eigenvalue weighted by atomic mass is 35.5. The third-order valence-corrected chi connectivity index (χ3v) is 2.94. The molecule has 0 aliphatic heterocycles. The van der Waals surface area contributed by atoms with E-state index in [1.807, 2.05) is 5.38 Å². The molecule has 0 aliphatic carbocycles. The zero-order chi connectivity index (χ0) is 8.72. The average molecular weight is 200 g/mol. The molecular formula is C8H6ClNOS. The molecule has 0 saturated heterocycles. The highest BCUT2D eigenvalue weighted by Gasteiger charge is 2.05. The fourth-order valence-corrected chi connectivity index (χ4v) is 2.16. The van der Waals surface area contributed by atoms with Gasteiger partial charge in [0.25, 0.3) is 0 Å². The van der Waals surface area contributed by atoms with Crippen molar-refractivity contribution in [1.82, 2.24) is 0 Å². The number of halogens is 1. The third kappa shape index (κ3) is 1.02. The van der Waals surface area contributed by atoms with Crippen LogP contribution in [0.15, 0.2) is 17.5 Å². The standard InChI is InChI=1S/C8H6ClNOS/c9-5-2-8-4(1-7(5)11)6(10)3-12-8/h1-3,11H,10H2. The van der Waals surface area contributed by atoms with Crippen molar-refractivity contribution in [3.8, 4) is 5.75 Å². The van der Waals surface area contributed by atoms with Gasteiger partial charge >= 0.3 is 0 Å². The summed E-state index contributed by atoms with van der Waals surface area (Å²) in [4.78, 5) is 0. The summed E-state index contributed by atoms with van der Waals surface area (Å²) in [7, 11) is 0. The van der Waals surface area contributed by atoms with Crippen LogP contribution in [-0.2, 0) is 0 Å². The van der Waals surface area contributed by atoms with Gasteiger partial charge in [0.1, 0.15) is 5.75 Å². The third-order valence-electron chi connectivity index (χ3n) is 1.67. The minimum Gasteiger partial charge on any atom is -0.506 e. The maximum atomic E-state index is 9.28. The van der Waals surface area contributed by atoms with Crippen molar-refractivity contribution in [2.24, 2.45) is 0 Å². The first-order valence-electron chi connectivity index (χ1n) is 3.33. The topological polar surface area (TPSA) is 46.2 Å². The van der Waals surface area contributed by atoms with Crippen LogP contribution < -0.4 is 5.73 Å². The molecule has 0 radical (unpaired) electrons. The number of phenols is 1. The summed E-state index contributed by atoms with van der Waals surface area (Å²) in [5.74, 6) is 0.0780. The second kappa shape index (κ2) is 2.54. The molecule has 2 aromatic rings. The lowest BCUT2D eigenvalue weighted by Gasteiger charge is -1.96. The van der Waals surface area contributed by atoms with Gasteiger partial charge in [-0.3, -0.25) is 0 Å². The van der Waals surface area contributed by atoms with E-state index in [1.54, 1.807) is 12.1 Å². The number of hydrogen-bond donors (Lipinski definition) is 2. The molecule has 0 atom stereocenters. The number of anilines is 1. The normalized spacial score (nSPS) is 10.8. The maximum Gasteiger partial charge on any atom is 0.134 e. The van der Waals surface area contributed by atoms with Crippen LogP contribution in [-0.4, -0.2) is 5.11 Å². The van der Waals surface area contributed by atoms with E-state index in [0.29, 0.717) is 10.7 Å². The van der Waals surface area contributed by atoms with Crippen LogP contribution in [0.4, 0.5) is 5.69 Å². The molecule has 1 aromatic heterocycles. The molecule has 0 saturated carbocycles. The number of fused-ring (bicyclic) bond motifs is 1. The summed E-state index contributed by atoms with van der Waals surface area (Å²) < 4.78 is 0.996. The van der Waals surface area contributed by atoms with Gasteiger partial charge in [0.15, 0.2) is 0 Å². The Kier molecular flexibility index (Phi) is 1.63. The van der Waals surface area contributed by atoms with Crippen molar-refractivity contribution in [2.45, 2.75) is 0 Å². The summed E-state index contributed by atoms with van der Waals surface area (Å²) in [6.45, 7) is 0. The van der Waals surface area contributed by atoms with Crippen LogP contribution in [0.1, 0.15) is 0 Å². The summed E-state index contributed by atoms with van der Waals surface area (Å²) in [6, 6.07) is 3.30. The van der Waals surface area contributed by atoms with E-state index < -0.39 is 0 Å². The molecule has 2 nitrogen and oxygen atoms in total. The lowest BCUT2D eigenvalue weighted by atomic mass is 10.2. The Morgan fingerprint density at radius 2 is 2.17 bits per heavy atom. The number of hydrogen-bond acceptors (Lipinski definition) is 3. The van der Waals surface area contributed by atoms with Gasteiger partial charge in [-0.25, -0.2) is 0 Å². The van der Waals surface area contributed by atoms with Crippen LogP contribution in [0, 0.1) is 0 Å². The van der Waals surface area contributed by atoms with Gasteiger partial charge in [0.2, 0.25) is 0 Å². The molecule has 0 amide bonds. The van der Waals surface area contributed by atoms with Gasteiger partial charge in [-0.15, -0.1) is 11.3 Å². The Morgan fingerprint density at radius 1 is 1.42 bits per heavy atom. The second-order valence-corrected chi connectivity index (χ2v) is 3.81. The minimum atomic E-state index is 0.0780. The van der Waals surface area contributed by atoms with Gasteiger partial charge in [0.05, 0.1) is 10.7 Å². The van der Waals surface area contributed by atoms with Gasteiger partial charge < -0.3 is 10.8 Å². The van der Waals surface area contributed by atoms with E-state index in [-0.39, 0.29) is 5.75 Å². The molecule has 0 fully saturated rings. The van der Waals surface area contributed by atoms with Crippen molar-refractivity contribution in [3.05, 3.63) is 22.5 Å². The fourth-order valence-electron chi connectivity index (χ4n) is 1.06. The Bertz CT molecular complexity index is 438. The number of benzene rings is 1. The number of rotatable bonds is 0. The minimum absolute atomic E-state index is 0.0780. The van der Waals surface area contributed by atoms with Crippen LogP contribution >= 0.6 is 22.9 Å². The van der Waals surface area contributed by atoms with E-state index in [9.17, 15) is 5.11 Å². The molecule has 0 unspecified atom stereocenters. The molecule has 0 aliphatic rings. The molecule has 0 spiro atoms. The Morgan fingerprint density at radius 3 is 2.92 bits per heavy atom. The molecule has 0 bridgehead atoms. The van der Waals surface area contributed by atoms with Crippen LogP contribution in [0.25, 0.3) is 10.1 Å². The quantitative estimate of drug-likeness (QED) is 0.686. The van der Waals surface area contributed by atoms with Crippen molar-refractivity contribution in [3.63, 3.8) is 0 Å². The second-order valence-electron chi connectivity index (χ2n) is 2.49. The van der Waals surface area contributed by atoms with Crippen LogP contribution in [0.5, 0.6) is 5.75 Å². The molecule has 1 heterocycles. The highest BCUT2D eigenvalue weighted by molar-refractivity contribution is 7.17. The molecule has 1 aromatic carbocycles. The number of phenolic OH excluding ortho intramolecular Hbond substituents is 1. The Hall–Kier alpha value is -0.930. The first-order valence-corrected chi connectivity index (χ1v) is 4.59. The number of aromatic hydroxyl groups is 1. The number of thiophene rings is 1. The Balaban J connectivity index is 2.87. The van der Waals surface area contributed by atoms with Crippen molar-refractivity contribution < 1.29 is 5.11 Å².